The first kappa shape index (κ1) is 20.8. The van der Waals surface area contributed by atoms with Crippen LogP contribution in [0.5, 0.6) is 11.5 Å². The number of benzene rings is 1. The van der Waals surface area contributed by atoms with Crippen molar-refractivity contribution in [2.45, 2.75) is 36.6 Å². The van der Waals surface area contributed by atoms with Crippen LogP contribution in [0.1, 0.15) is 25.7 Å². The van der Waals surface area contributed by atoms with E-state index < -0.39 is 49.4 Å². The molecule has 0 aromatic heterocycles. The average Bonchev–Trinajstić information content (AvgIpc) is 2.66. The highest BCUT2D eigenvalue weighted by Crippen LogP contribution is 2.39. The van der Waals surface area contributed by atoms with E-state index in [1.807, 2.05) is 5.32 Å². The van der Waals surface area contributed by atoms with Crippen LogP contribution in [0.2, 0.25) is 0 Å². The molecule has 1 heterocycles. The predicted octanol–water partition coefficient (Wildman–Crippen LogP) is 0.398. The van der Waals surface area contributed by atoms with Crippen molar-refractivity contribution in [3.8, 4) is 11.5 Å². The summed E-state index contributed by atoms with van der Waals surface area (Å²) in [7, 11) is -4.23. The average molecular weight is 428 g/mol. The lowest BCUT2D eigenvalue weighted by atomic mass is 9.86. The van der Waals surface area contributed by atoms with Gasteiger partial charge >= 0.3 is 6.03 Å². The normalized spacial score (nSPS) is 21.2. The molecule has 1 aromatic rings. The van der Waals surface area contributed by atoms with Gasteiger partial charge in [-0.25, -0.2) is 17.9 Å². The van der Waals surface area contributed by atoms with Crippen molar-refractivity contribution in [1.82, 2.24) is 10.0 Å². The first-order valence-electron chi connectivity index (χ1n) is 8.88. The number of hydrogen-bond acceptors (Lipinski definition) is 8. The van der Waals surface area contributed by atoms with E-state index >= 15 is 0 Å². The molecule has 4 N–H and O–H groups in total. The molecule has 13 heteroatoms. The zero-order valence-corrected chi connectivity index (χ0v) is 16.1. The van der Waals surface area contributed by atoms with E-state index in [4.69, 9.17) is 15.2 Å². The van der Waals surface area contributed by atoms with Gasteiger partial charge in [0.1, 0.15) is 13.2 Å². The van der Waals surface area contributed by atoms with Gasteiger partial charge in [0.2, 0.25) is 15.9 Å². The summed E-state index contributed by atoms with van der Waals surface area (Å²) in [6, 6.07) is 0.670. The summed E-state index contributed by atoms with van der Waals surface area (Å²) in [5.74, 6) is -0.718. The van der Waals surface area contributed by atoms with Crippen molar-refractivity contribution in [3.63, 3.8) is 0 Å². The molecule has 3 rings (SSSR count). The number of nitro groups is 1. The summed E-state index contributed by atoms with van der Waals surface area (Å²) in [4.78, 5) is 32.7. The van der Waals surface area contributed by atoms with Crippen LogP contribution in [0.25, 0.3) is 0 Å². The van der Waals surface area contributed by atoms with Crippen molar-refractivity contribution in [3.05, 3.63) is 22.2 Å². The fourth-order valence-electron chi connectivity index (χ4n) is 3.40. The van der Waals surface area contributed by atoms with Gasteiger partial charge in [0.15, 0.2) is 16.4 Å². The summed E-state index contributed by atoms with van der Waals surface area (Å²) >= 11 is 0. The van der Waals surface area contributed by atoms with Gasteiger partial charge < -0.3 is 15.2 Å². The summed E-state index contributed by atoms with van der Waals surface area (Å²) in [5, 5.41) is 13.4. The SMILES string of the molecule is NC(=O)NC(=O)C1CCC(NS(=O)(=O)c2cc3c(cc2[N+](=O)[O-])OCCO3)CC1. The van der Waals surface area contributed by atoms with E-state index in [1.54, 1.807) is 0 Å². The van der Waals surface area contributed by atoms with Crippen molar-refractivity contribution in [2.75, 3.05) is 13.2 Å². The molecular formula is C16H20N4O8S. The molecule has 1 saturated carbocycles. The number of carbonyl (C=O) groups is 2. The van der Waals surface area contributed by atoms with E-state index in [-0.39, 0.29) is 24.7 Å². The number of nitrogens with two attached hydrogens (primary N) is 1. The molecule has 0 unspecified atom stereocenters. The maximum Gasteiger partial charge on any atom is 0.318 e. The first-order valence-corrected chi connectivity index (χ1v) is 10.4. The highest BCUT2D eigenvalue weighted by molar-refractivity contribution is 7.89. The molecule has 0 spiro atoms. The van der Waals surface area contributed by atoms with Crippen LogP contribution in [-0.4, -0.2) is 44.5 Å². The highest BCUT2D eigenvalue weighted by atomic mass is 32.2. The first-order chi connectivity index (χ1) is 13.7. The number of primary amides is 1. The molecule has 3 amide bonds. The molecule has 1 aromatic carbocycles. The van der Waals surface area contributed by atoms with E-state index in [0.717, 1.165) is 12.1 Å². The number of ether oxygens (including phenoxy) is 2. The van der Waals surface area contributed by atoms with E-state index in [1.165, 1.54) is 0 Å². The lowest BCUT2D eigenvalue weighted by Gasteiger charge is -2.28. The van der Waals surface area contributed by atoms with Gasteiger partial charge in [0.25, 0.3) is 5.69 Å². The Morgan fingerprint density at radius 1 is 1.10 bits per heavy atom. The molecule has 0 bridgehead atoms. The van der Waals surface area contributed by atoms with Crippen molar-refractivity contribution in [1.29, 1.82) is 0 Å². The molecule has 158 valence electrons. The van der Waals surface area contributed by atoms with E-state index in [0.29, 0.717) is 25.7 Å². The minimum atomic E-state index is -4.23. The molecule has 1 aliphatic heterocycles. The van der Waals surface area contributed by atoms with Gasteiger partial charge in [-0.05, 0) is 25.7 Å². The molecule has 0 radical (unpaired) electrons. The number of nitro benzene ring substituents is 1. The van der Waals surface area contributed by atoms with Gasteiger partial charge in [-0.15, -0.1) is 0 Å². The Hall–Kier alpha value is -2.93. The molecule has 12 nitrogen and oxygen atoms in total. The number of rotatable bonds is 5. The van der Waals surface area contributed by atoms with Crippen LogP contribution < -0.4 is 25.2 Å². The molecule has 29 heavy (non-hydrogen) atoms. The monoisotopic (exact) mass is 428 g/mol. The highest BCUT2D eigenvalue weighted by Gasteiger charge is 2.34. The van der Waals surface area contributed by atoms with Crippen molar-refractivity contribution >= 4 is 27.6 Å². The molecule has 0 atom stereocenters. The number of amides is 3. The van der Waals surface area contributed by atoms with Crippen molar-refractivity contribution < 1.29 is 32.4 Å². The summed E-state index contributed by atoms with van der Waals surface area (Å²) < 4.78 is 38.7. The van der Waals surface area contributed by atoms with Gasteiger partial charge in [-0.2, -0.15) is 0 Å². The Kier molecular flexibility index (Phi) is 5.88. The fourth-order valence-corrected chi connectivity index (χ4v) is 4.87. The molecule has 0 saturated heterocycles. The van der Waals surface area contributed by atoms with Crippen LogP contribution in [0, 0.1) is 16.0 Å². The summed E-state index contributed by atoms with van der Waals surface area (Å²) in [5.41, 5.74) is 4.31. The van der Waals surface area contributed by atoms with Gasteiger partial charge in [-0.1, -0.05) is 0 Å². The Bertz CT molecular complexity index is 940. The maximum atomic E-state index is 12.8. The Morgan fingerprint density at radius 3 is 2.24 bits per heavy atom. The number of nitrogens with zero attached hydrogens (tertiary/aromatic N) is 1. The standard InChI is InChI=1S/C16H20N4O8S/c17-16(22)18-15(21)9-1-3-10(4-2-9)19-29(25,26)14-8-13-12(27-5-6-28-13)7-11(14)20(23)24/h7-10,19H,1-6H2,(H3,17,18,21,22). The van der Waals surface area contributed by atoms with Gasteiger partial charge in [0.05, 0.1) is 11.0 Å². The van der Waals surface area contributed by atoms with Gasteiger partial charge in [-0.3, -0.25) is 20.2 Å². The third-order valence-corrected chi connectivity index (χ3v) is 6.33. The quantitative estimate of drug-likeness (QED) is 0.445. The number of nitrogens with one attached hydrogen (secondary N) is 2. The zero-order chi connectivity index (χ0) is 21.2. The van der Waals surface area contributed by atoms with E-state index in [2.05, 4.69) is 4.72 Å². The second kappa shape index (κ2) is 8.21. The van der Waals surface area contributed by atoms with E-state index in [9.17, 15) is 28.1 Å². The fraction of sp³-hybridized carbons (Fsp3) is 0.500. The second-order valence-corrected chi connectivity index (χ2v) is 8.43. The second-order valence-electron chi connectivity index (χ2n) is 6.74. The Morgan fingerprint density at radius 2 is 1.69 bits per heavy atom. The summed E-state index contributed by atoms with van der Waals surface area (Å²) in [6.45, 7) is 0.413. The largest absolute Gasteiger partial charge is 0.486 e. The number of sulfonamides is 1. The number of urea groups is 1. The summed E-state index contributed by atoms with van der Waals surface area (Å²) in [6.07, 6.45) is 1.34. The third kappa shape index (κ3) is 4.74. The molecule has 1 aliphatic carbocycles. The van der Waals surface area contributed by atoms with Crippen molar-refractivity contribution in [2.24, 2.45) is 11.7 Å². The van der Waals surface area contributed by atoms with Crippen LogP contribution >= 0.6 is 0 Å². The van der Waals surface area contributed by atoms with Crippen LogP contribution in [0.3, 0.4) is 0 Å². The molecular weight excluding hydrogens is 408 g/mol. The Labute approximate surface area is 165 Å². The maximum absolute atomic E-state index is 12.8. The number of imide groups is 1. The lowest BCUT2D eigenvalue weighted by Crippen LogP contribution is -2.43. The van der Waals surface area contributed by atoms with Crippen LogP contribution in [0.4, 0.5) is 10.5 Å². The Balaban J connectivity index is 1.74. The number of fused-ring (bicyclic) bond motifs is 1. The van der Waals surface area contributed by atoms with Crippen LogP contribution in [-0.2, 0) is 14.8 Å². The minimum absolute atomic E-state index is 0.114. The lowest BCUT2D eigenvalue weighted by molar-refractivity contribution is -0.388. The van der Waals surface area contributed by atoms with Crippen LogP contribution in [0.15, 0.2) is 17.0 Å². The smallest absolute Gasteiger partial charge is 0.318 e. The third-order valence-electron chi connectivity index (χ3n) is 4.78. The number of carbonyl (C=O) groups excluding carboxylic acids is 2. The zero-order valence-electron chi connectivity index (χ0n) is 15.3. The molecule has 1 fully saturated rings. The number of hydrogen-bond donors (Lipinski definition) is 3. The minimum Gasteiger partial charge on any atom is -0.486 e. The van der Waals surface area contributed by atoms with Gasteiger partial charge in [0, 0.05) is 18.0 Å². The predicted molar refractivity (Wildman–Crippen MR) is 97.9 cm³/mol. The molecule has 2 aliphatic rings. The topological polar surface area (TPSA) is 180 Å².